The number of rotatable bonds is 5. The zero-order valence-electron chi connectivity index (χ0n) is 14.6. The molecule has 2 aromatic carbocycles. The number of H-pyrrole nitrogens is 1. The molecule has 0 bridgehead atoms. The molecular formula is C21H23N3O2. The molecule has 0 radical (unpaired) electrons. The van der Waals surface area contributed by atoms with Gasteiger partial charge in [0.05, 0.1) is 23.6 Å². The molecular weight excluding hydrogens is 326 g/mol. The van der Waals surface area contributed by atoms with Gasteiger partial charge < -0.3 is 10.1 Å². The summed E-state index contributed by atoms with van der Waals surface area (Å²) in [4.78, 5) is 22.1. The Morgan fingerprint density at radius 2 is 1.92 bits per heavy atom. The van der Waals surface area contributed by atoms with E-state index in [4.69, 9.17) is 0 Å². The molecule has 2 atom stereocenters. The molecule has 0 amide bonds. The molecule has 0 spiro atoms. The van der Waals surface area contributed by atoms with Gasteiger partial charge in [-0.3, -0.25) is 9.69 Å². The lowest BCUT2D eigenvalue weighted by Gasteiger charge is -2.26. The number of nitrogens with zero attached hydrogens (tertiary/aromatic N) is 2. The molecule has 1 aromatic heterocycles. The minimum Gasteiger partial charge on any atom is -0.388 e. The molecule has 3 aromatic rings. The maximum atomic E-state index is 12.3. The van der Waals surface area contributed by atoms with Gasteiger partial charge in [-0.15, -0.1) is 0 Å². The van der Waals surface area contributed by atoms with Crippen LogP contribution in [0.2, 0.25) is 0 Å². The molecule has 0 aliphatic carbocycles. The third-order valence-corrected chi connectivity index (χ3v) is 5.19. The average molecular weight is 349 g/mol. The quantitative estimate of drug-likeness (QED) is 0.743. The first-order valence-corrected chi connectivity index (χ1v) is 9.16. The fourth-order valence-electron chi connectivity index (χ4n) is 3.84. The number of aromatic nitrogens is 2. The molecule has 1 fully saturated rings. The van der Waals surface area contributed by atoms with Gasteiger partial charge in [0.25, 0.3) is 5.56 Å². The van der Waals surface area contributed by atoms with Crippen molar-refractivity contribution in [3.63, 3.8) is 0 Å². The number of aliphatic hydroxyl groups excluding tert-OH is 1. The zero-order valence-corrected chi connectivity index (χ0v) is 14.6. The van der Waals surface area contributed by atoms with E-state index in [0.29, 0.717) is 30.2 Å². The third kappa shape index (κ3) is 3.54. The monoisotopic (exact) mass is 349 g/mol. The van der Waals surface area contributed by atoms with Crippen LogP contribution in [-0.4, -0.2) is 32.6 Å². The Hall–Kier alpha value is -2.50. The Bertz CT molecular complexity index is 939. The predicted octanol–water partition coefficient (Wildman–Crippen LogP) is 3.01. The highest BCUT2D eigenvalue weighted by Gasteiger charge is 2.27. The maximum absolute atomic E-state index is 12.3. The van der Waals surface area contributed by atoms with Crippen LogP contribution >= 0.6 is 0 Å². The summed E-state index contributed by atoms with van der Waals surface area (Å²) in [5.74, 6) is 0.690. The molecule has 0 unspecified atom stereocenters. The second-order valence-electron chi connectivity index (χ2n) is 6.96. The van der Waals surface area contributed by atoms with E-state index in [2.05, 4.69) is 14.9 Å². The van der Waals surface area contributed by atoms with E-state index in [1.54, 1.807) is 6.07 Å². The van der Waals surface area contributed by atoms with Gasteiger partial charge in [0, 0.05) is 6.04 Å². The number of para-hydroxylation sites is 1. The van der Waals surface area contributed by atoms with Crippen LogP contribution in [0, 0.1) is 0 Å². The Balaban J connectivity index is 1.50. The van der Waals surface area contributed by atoms with Crippen molar-refractivity contribution in [2.75, 3.05) is 6.54 Å². The highest BCUT2D eigenvalue weighted by atomic mass is 16.3. The number of aliphatic hydroxyl groups is 1. The molecule has 1 aliphatic rings. The number of benzene rings is 2. The molecule has 5 nitrogen and oxygen atoms in total. The number of hydrogen-bond donors (Lipinski definition) is 2. The van der Waals surface area contributed by atoms with E-state index < -0.39 is 6.10 Å². The summed E-state index contributed by atoms with van der Waals surface area (Å²) in [6, 6.07) is 17.5. The summed E-state index contributed by atoms with van der Waals surface area (Å²) >= 11 is 0. The van der Waals surface area contributed by atoms with E-state index in [1.807, 2.05) is 48.5 Å². The van der Waals surface area contributed by atoms with Gasteiger partial charge in [-0.25, -0.2) is 4.98 Å². The SMILES string of the molecule is O=c1[nH]c(CN2CCC[C@@H]2C[C@@H](O)c2ccccc2)nc2ccccc12. The summed E-state index contributed by atoms with van der Waals surface area (Å²) in [5.41, 5.74) is 1.59. The van der Waals surface area contributed by atoms with Crippen molar-refractivity contribution in [2.45, 2.75) is 38.0 Å². The van der Waals surface area contributed by atoms with Crippen LogP contribution < -0.4 is 5.56 Å². The highest BCUT2D eigenvalue weighted by Crippen LogP contribution is 2.28. The molecule has 2 heterocycles. The molecule has 26 heavy (non-hydrogen) atoms. The van der Waals surface area contributed by atoms with E-state index in [-0.39, 0.29) is 5.56 Å². The predicted molar refractivity (Wildman–Crippen MR) is 102 cm³/mol. The van der Waals surface area contributed by atoms with Crippen LogP contribution in [0.25, 0.3) is 10.9 Å². The van der Waals surface area contributed by atoms with Crippen molar-refractivity contribution < 1.29 is 5.11 Å². The fourth-order valence-corrected chi connectivity index (χ4v) is 3.84. The maximum Gasteiger partial charge on any atom is 0.258 e. The van der Waals surface area contributed by atoms with Crippen LogP contribution in [-0.2, 0) is 6.54 Å². The number of nitrogens with one attached hydrogen (secondary N) is 1. The summed E-state index contributed by atoms with van der Waals surface area (Å²) in [7, 11) is 0. The topological polar surface area (TPSA) is 69.2 Å². The first-order valence-electron chi connectivity index (χ1n) is 9.16. The first-order chi connectivity index (χ1) is 12.7. The number of fused-ring (bicyclic) bond motifs is 1. The lowest BCUT2D eigenvalue weighted by molar-refractivity contribution is 0.117. The fraction of sp³-hybridized carbons (Fsp3) is 0.333. The Morgan fingerprint density at radius 1 is 1.15 bits per heavy atom. The summed E-state index contributed by atoms with van der Waals surface area (Å²) in [5, 5.41) is 11.2. The van der Waals surface area contributed by atoms with Crippen molar-refractivity contribution in [1.82, 2.24) is 14.9 Å². The minimum atomic E-state index is -0.467. The molecule has 1 aliphatic heterocycles. The van der Waals surface area contributed by atoms with E-state index in [9.17, 15) is 9.90 Å². The molecule has 5 heteroatoms. The van der Waals surface area contributed by atoms with Crippen LogP contribution in [0.3, 0.4) is 0 Å². The van der Waals surface area contributed by atoms with Crippen LogP contribution in [0.1, 0.15) is 36.8 Å². The van der Waals surface area contributed by atoms with Gasteiger partial charge in [-0.2, -0.15) is 0 Å². The Kier molecular flexibility index (Phi) is 4.82. The standard InChI is InChI=1S/C21H23N3O2/c25-19(15-7-2-1-3-8-15)13-16-9-6-12-24(16)14-20-22-18-11-5-4-10-17(18)21(26)23-20/h1-5,7-8,10-11,16,19,25H,6,9,12-14H2,(H,22,23,26)/t16-,19-/m1/s1. The van der Waals surface area contributed by atoms with Gasteiger partial charge in [-0.05, 0) is 43.5 Å². The highest BCUT2D eigenvalue weighted by molar-refractivity contribution is 5.77. The number of aromatic amines is 1. The van der Waals surface area contributed by atoms with Crippen LogP contribution in [0.5, 0.6) is 0 Å². The summed E-state index contributed by atoms with van der Waals surface area (Å²) in [6.07, 6.45) is 2.39. The van der Waals surface area contributed by atoms with Crippen molar-refractivity contribution >= 4 is 10.9 Å². The second kappa shape index (κ2) is 7.40. The lowest BCUT2D eigenvalue weighted by atomic mass is 10.0. The van der Waals surface area contributed by atoms with Crippen LogP contribution in [0.15, 0.2) is 59.4 Å². The van der Waals surface area contributed by atoms with E-state index in [1.165, 1.54) is 0 Å². The lowest BCUT2D eigenvalue weighted by Crippen LogP contribution is -2.32. The minimum absolute atomic E-state index is 0.0920. The first kappa shape index (κ1) is 16.9. The van der Waals surface area contributed by atoms with Gasteiger partial charge in [0.15, 0.2) is 0 Å². The molecule has 1 saturated heterocycles. The van der Waals surface area contributed by atoms with Crippen molar-refractivity contribution in [3.8, 4) is 0 Å². The smallest absolute Gasteiger partial charge is 0.258 e. The normalized spacial score (nSPS) is 19.0. The third-order valence-electron chi connectivity index (χ3n) is 5.19. The van der Waals surface area contributed by atoms with Gasteiger partial charge in [0.1, 0.15) is 5.82 Å². The molecule has 134 valence electrons. The number of hydrogen-bond acceptors (Lipinski definition) is 4. The average Bonchev–Trinajstić information content (AvgIpc) is 3.09. The number of likely N-dealkylation sites (tertiary alicyclic amines) is 1. The largest absolute Gasteiger partial charge is 0.388 e. The van der Waals surface area contributed by atoms with Crippen LogP contribution in [0.4, 0.5) is 0 Å². The summed E-state index contributed by atoms with van der Waals surface area (Å²) in [6.45, 7) is 1.56. The Labute approximate surface area is 152 Å². The van der Waals surface area contributed by atoms with E-state index >= 15 is 0 Å². The van der Waals surface area contributed by atoms with Crippen molar-refractivity contribution in [1.29, 1.82) is 0 Å². The zero-order chi connectivity index (χ0) is 17.9. The summed E-state index contributed by atoms with van der Waals surface area (Å²) < 4.78 is 0. The Morgan fingerprint density at radius 3 is 2.77 bits per heavy atom. The molecule has 4 rings (SSSR count). The second-order valence-corrected chi connectivity index (χ2v) is 6.96. The van der Waals surface area contributed by atoms with Crippen molar-refractivity contribution in [3.05, 3.63) is 76.3 Å². The van der Waals surface area contributed by atoms with Gasteiger partial charge in [0.2, 0.25) is 0 Å². The molecule has 2 N–H and O–H groups in total. The van der Waals surface area contributed by atoms with Gasteiger partial charge in [-0.1, -0.05) is 42.5 Å². The van der Waals surface area contributed by atoms with Gasteiger partial charge >= 0.3 is 0 Å². The van der Waals surface area contributed by atoms with E-state index in [0.717, 1.165) is 30.5 Å². The molecule has 0 saturated carbocycles. The van der Waals surface area contributed by atoms with Crippen molar-refractivity contribution in [2.24, 2.45) is 0 Å².